The second-order valence-corrected chi connectivity index (χ2v) is 17.6. The normalized spacial score (nSPS) is 17.6. The number of carboxylic acid groups (broad SMARTS) is 1. The second kappa shape index (κ2) is 23.2. The van der Waals surface area contributed by atoms with Crippen molar-refractivity contribution in [3.05, 3.63) is 48.0 Å². The van der Waals surface area contributed by atoms with Crippen LogP contribution >= 0.6 is 0 Å². The van der Waals surface area contributed by atoms with E-state index in [0.717, 1.165) is 16.3 Å². The Labute approximate surface area is 364 Å². The van der Waals surface area contributed by atoms with Gasteiger partial charge in [-0.15, -0.1) is 0 Å². The Hall–Kier alpha value is -5.29. The van der Waals surface area contributed by atoms with E-state index < -0.39 is 108 Å². The molecule has 17 nitrogen and oxygen atoms in total. The molecule has 1 fully saturated rings. The van der Waals surface area contributed by atoms with Crippen LogP contribution in [-0.4, -0.2) is 125 Å². The minimum Gasteiger partial charge on any atom is -0.480 e. The first-order valence-corrected chi connectivity index (χ1v) is 21.4. The van der Waals surface area contributed by atoms with E-state index in [-0.39, 0.29) is 31.7 Å². The molecule has 0 aromatic heterocycles. The van der Waals surface area contributed by atoms with E-state index in [1.165, 1.54) is 11.8 Å². The summed E-state index contributed by atoms with van der Waals surface area (Å²) < 4.78 is 16.7. The average Bonchev–Trinajstić information content (AvgIpc) is 3.69. The third-order valence-corrected chi connectivity index (χ3v) is 10.5. The quantitative estimate of drug-likeness (QED) is 0.0778. The number of alkyl carbamates (subject to hydrolysis) is 1. The molecule has 0 aliphatic carbocycles. The van der Waals surface area contributed by atoms with Crippen LogP contribution in [0.15, 0.2) is 42.5 Å². The van der Waals surface area contributed by atoms with Gasteiger partial charge in [0, 0.05) is 6.54 Å². The van der Waals surface area contributed by atoms with E-state index in [2.05, 4.69) is 21.3 Å². The standard InChI is InChI=1S/C45H67N5O12/c1-11-35(39(53)47-31(21-25(2)3)41(55)50-20-14-17-33(50)42(56)57)61-36(52)24-34(51)37(26(4)5)48-40(54)38(49-44(59)62-45(7,8)9)27(6)60-43(58)32(46-10)23-28-18-19-29-15-12-13-16-30(29)22-28/h12-13,15-16,18-19,22,25-27,31-35,37-38,46,51H,11,14,17,20-21,23-24H2,1-10H3,(H,47,53)(H,48,54)(H,49,59)(H,56,57)/t27-,31+,32+,33+,34+,35+,37-,38+/m1/s1. The maximum atomic E-state index is 14.0. The van der Waals surface area contributed by atoms with Crippen molar-refractivity contribution in [3.63, 3.8) is 0 Å². The summed E-state index contributed by atoms with van der Waals surface area (Å²) in [6, 6.07) is 8.19. The van der Waals surface area contributed by atoms with Crippen LogP contribution in [0, 0.1) is 11.8 Å². The number of amides is 4. The Morgan fingerprint density at radius 1 is 0.871 bits per heavy atom. The first-order valence-electron chi connectivity index (χ1n) is 21.4. The van der Waals surface area contributed by atoms with Crippen LogP contribution in [0.2, 0.25) is 0 Å². The summed E-state index contributed by atoms with van der Waals surface area (Å²) in [5.74, 6) is -5.43. The van der Waals surface area contributed by atoms with Gasteiger partial charge in [0.15, 0.2) is 6.10 Å². The van der Waals surface area contributed by atoms with Crippen LogP contribution in [-0.2, 0) is 49.4 Å². The molecule has 0 saturated carbocycles. The van der Waals surface area contributed by atoms with Gasteiger partial charge in [0.2, 0.25) is 11.8 Å². The number of carbonyl (C=O) groups is 7. The molecule has 1 aliphatic heterocycles. The Bertz CT molecular complexity index is 1880. The number of nitrogens with zero attached hydrogens (tertiary/aromatic N) is 1. The monoisotopic (exact) mass is 869 g/mol. The number of likely N-dealkylation sites (N-methyl/N-ethyl adjacent to an activating group) is 1. The Morgan fingerprint density at radius 3 is 2.11 bits per heavy atom. The zero-order chi connectivity index (χ0) is 46.5. The summed E-state index contributed by atoms with van der Waals surface area (Å²) in [6.45, 7) is 15.3. The van der Waals surface area contributed by atoms with Gasteiger partial charge in [-0.3, -0.25) is 24.0 Å². The highest BCUT2D eigenvalue weighted by atomic mass is 16.6. The highest BCUT2D eigenvalue weighted by Crippen LogP contribution is 2.22. The number of aliphatic hydroxyl groups is 1. The molecule has 0 spiro atoms. The molecule has 2 aromatic carbocycles. The van der Waals surface area contributed by atoms with E-state index in [9.17, 15) is 43.8 Å². The maximum Gasteiger partial charge on any atom is 0.408 e. The average molecular weight is 870 g/mol. The van der Waals surface area contributed by atoms with E-state index >= 15 is 0 Å². The molecule has 2 aromatic rings. The minimum atomic E-state index is -1.54. The number of rotatable bonds is 21. The summed E-state index contributed by atoms with van der Waals surface area (Å²) in [4.78, 5) is 93.7. The van der Waals surface area contributed by atoms with Gasteiger partial charge in [-0.2, -0.15) is 0 Å². The van der Waals surface area contributed by atoms with Crippen molar-refractivity contribution in [2.24, 2.45) is 11.8 Å². The number of nitrogens with one attached hydrogen (secondary N) is 4. The number of benzene rings is 2. The zero-order valence-corrected chi connectivity index (χ0v) is 37.7. The Kier molecular flexibility index (Phi) is 19.1. The van der Waals surface area contributed by atoms with Crippen molar-refractivity contribution in [3.8, 4) is 0 Å². The molecule has 3 rings (SSSR count). The Balaban J connectivity index is 1.72. The Morgan fingerprint density at radius 2 is 1.53 bits per heavy atom. The number of ether oxygens (including phenoxy) is 3. The SMILES string of the molecule is CC[C@H](OC(=O)C[C@H](O)[C@H](NC(=O)[C@@H](NC(=O)OC(C)(C)C)[C@@H](C)OC(=O)[C@H](Cc1ccc2ccccc2c1)NC)C(C)C)C(=O)N[C@@H](CC(C)C)C(=O)N1CCC[C@H]1C(=O)O. The van der Waals surface area contributed by atoms with E-state index in [1.807, 2.05) is 56.3 Å². The molecule has 62 heavy (non-hydrogen) atoms. The largest absolute Gasteiger partial charge is 0.480 e. The predicted molar refractivity (Wildman–Crippen MR) is 231 cm³/mol. The molecule has 8 atom stereocenters. The van der Waals surface area contributed by atoms with Gasteiger partial charge in [-0.05, 0) is 95.0 Å². The van der Waals surface area contributed by atoms with Gasteiger partial charge in [-0.1, -0.05) is 77.1 Å². The number of carboxylic acids is 1. The molecular weight excluding hydrogens is 803 g/mol. The molecule has 1 saturated heterocycles. The summed E-state index contributed by atoms with van der Waals surface area (Å²) >= 11 is 0. The molecule has 6 N–H and O–H groups in total. The predicted octanol–water partition coefficient (Wildman–Crippen LogP) is 3.62. The highest BCUT2D eigenvalue weighted by molar-refractivity contribution is 5.93. The molecular formula is C45H67N5O12. The van der Waals surface area contributed by atoms with Gasteiger partial charge in [0.1, 0.15) is 35.9 Å². The molecule has 1 aliphatic rings. The van der Waals surface area contributed by atoms with Gasteiger partial charge in [0.05, 0.1) is 18.6 Å². The van der Waals surface area contributed by atoms with Crippen molar-refractivity contribution in [2.75, 3.05) is 13.6 Å². The number of likely N-dealkylation sites (tertiary alicyclic amines) is 1. The van der Waals surface area contributed by atoms with E-state index in [1.54, 1.807) is 48.6 Å². The number of carbonyl (C=O) groups excluding carboxylic acids is 6. The van der Waals surface area contributed by atoms with Crippen molar-refractivity contribution >= 4 is 52.5 Å². The third-order valence-electron chi connectivity index (χ3n) is 10.5. The zero-order valence-electron chi connectivity index (χ0n) is 37.7. The van der Waals surface area contributed by atoms with Crippen LogP contribution in [0.25, 0.3) is 10.8 Å². The summed E-state index contributed by atoms with van der Waals surface area (Å²) in [6.07, 6.45) is -4.42. The number of aliphatic carboxylic acids is 1. The smallest absolute Gasteiger partial charge is 0.408 e. The van der Waals surface area contributed by atoms with Crippen molar-refractivity contribution < 1.29 is 58.0 Å². The lowest BCUT2D eigenvalue weighted by Gasteiger charge is -2.32. The van der Waals surface area contributed by atoms with E-state index in [4.69, 9.17) is 14.2 Å². The molecule has 1 heterocycles. The second-order valence-electron chi connectivity index (χ2n) is 17.6. The number of aliphatic hydroxyl groups excluding tert-OH is 1. The van der Waals surface area contributed by atoms with Gasteiger partial charge < -0.3 is 50.6 Å². The maximum absolute atomic E-state index is 14.0. The molecule has 0 unspecified atom stereocenters. The van der Waals surface area contributed by atoms with Gasteiger partial charge >= 0.3 is 24.0 Å². The third kappa shape index (κ3) is 15.3. The molecule has 0 radical (unpaired) electrons. The lowest BCUT2D eigenvalue weighted by molar-refractivity contribution is -0.159. The van der Waals surface area contributed by atoms with Gasteiger partial charge in [-0.25, -0.2) is 9.59 Å². The lowest BCUT2D eigenvalue weighted by Crippen LogP contribution is -2.59. The summed E-state index contributed by atoms with van der Waals surface area (Å²) in [5.41, 5.74) is -0.0697. The molecule has 4 amide bonds. The van der Waals surface area contributed by atoms with Crippen LogP contribution in [0.3, 0.4) is 0 Å². The van der Waals surface area contributed by atoms with Crippen LogP contribution in [0.1, 0.15) is 100.0 Å². The number of fused-ring (bicyclic) bond motifs is 1. The van der Waals surface area contributed by atoms with Crippen LogP contribution in [0.4, 0.5) is 4.79 Å². The van der Waals surface area contributed by atoms with Gasteiger partial charge in [0.25, 0.3) is 5.91 Å². The van der Waals surface area contributed by atoms with Crippen molar-refractivity contribution in [2.45, 2.75) is 155 Å². The lowest BCUT2D eigenvalue weighted by atomic mass is 9.95. The first kappa shape index (κ1) is 51.1. The van der Waals surface area contributed by atoms with Crippen molar-refractivity contribution in [1.29, 1.82) is 0 Å². The topological polar surface area (TPSA) is 239 Å². The van der Waals surface area contributed by atoms with Crippen molar-refractivity contribution in [1.82, 2.24) is 26.2 Å². The number of hydrogen-bond donors (Lipinski definition) is 6. The summed E-state index contributed by atoms with van der Waals surface area (Å²) in [5, 5.41) is 33.8. The van der Waals surface area contributed by atoms with Crippen LogP contribution in [0.5, 0.6) is 0 Å². The minimum absolute atomic E-state index is 0.0212. The number of hydrogen-bond acceptors (Lipinski definition) is 12. The first-order chi connectivity index (χ1) is 29.0. The number of esters is 2. The van der Waals surface area contributed by atoms with Crippen LogP contribution < -0.4 is 21.3 Å². The molecule has 344 valence electrons. The molecule has 0 bridgehead atoms. The van der Waals surface area contributed by atoms with E-state index in [0.29, 0.717) is 12.8 Å². The fraction of sp³-hybridized carbons (Fsp3) is 0.622. The summed E-state index contributed by atoms with van der Waals surface area (Å²) in [7, 11) is 1.60. The fourth-order valence-electron chi connectivity index (χ4n) is 7.30. The fourth-order valence-corrected chi connectivity index (χ4v) is 7.30. The molecule has 17 heteroatoms. The highest BCUT2D eigenvalue weighted by Gasteiger charge is 2.40.